The first-order chi connectivity index (χ1) is 9.56. The molecule has 108 valence electrons. The van der Waals surface area contributed by atoms with Gasteiger partial charge < -0.3 is 19.9 Å². The number of carbonyl (C=O) groups is 2. The highest BCUT2D eigenvalue weighted by molar-refractivity contribution is 5.80. The van der Waals surface area contributed by atoms with E-state index < -0.39 is 5.97 Å². The lowest BCUT2D eigenvalue weighted by atomic mass is 10.1. The number of amides is 1. The summed E-state index contributed by atoms with van der Waals surface area (Å²) in [4.78, 5) is 22.0. The Morgan fingerprint density at radius 1 is 1.35 bits per heavy atom. The quantitative estimate of drug-likeness (QED) is 0.846. The Morgan fingerprint density at radius 2 is 2.05 bits per heavy atom. The lowest BCUT2D eigenvalue weighted by molar-refractivity contribution is -0.139. The molecule has 0 unspecified atom stereocenters. The Kier molecular flexibility index (Phi) is 4.45. The first-order valence-corrected chi connectivity index (χ1v) is 6.46. The third-order valence-electron chi connectivity index (χ3n) is 3.04. The molecule has 2 N–H and O–H groups in total. The maximum Gasteiger partial charge on any atom is 0.303 e. The fourth-order valence-electron chi connectivity index (χ4n) is 1.92. The van der Waals surface area contributed by atoms with Crippen molar-refractivity contribution in [2.24, 2.45) is 0 Å². The minimum absolute atomic E-state index is 0.0379. The van der Waals surface area contributed by atoms with E-state index in [0.29, 0.717) is 18.1 Å². The van der Waals surface area contributed by atoms with Gasteiger partial charge in [0.05, 0.1) is 12.5 Å². The summed E-state index contributed by atoms with van der Waals surface area (Å²) in [5.41, 5.74) is 0. The highest BCUT2D eigenvalue weighted by Crippen LogP contribution is 2.31. The zero-order chi connectivity index (χ0) is 14.5. The molecule has 0 saturated heterocycles. The predicted molar refractivity (Wildman–Crippen MR) is 70.8 cm³/mol. The molecule has 1 amide bonds. The molecule has 1 aliphatic heterocycles. The number of carboxylic acids is 1. The summed E-state index contributed by atoms with van der Waals surface area (Å²) < 4.78 is 11.3. The molecular formula is C14H17NO5. The number of fused-ring (bicyclic) bond motifs is 1. The summed E-state index contributed by atoms with van der Waals surface area (Å²) in [5.74, 6) is 0.0462. The van der Waals surface area contributed by atoms with Crippen LogP contribution in [0.15, 0.2) is 24.3 Å². The Bertz CT molecular complexity index is 502. The summed E-state index contributed by atoms with van der Waals surface area (Å²) in [6, 6.07) is 7.08. The van der Waals surface area contributed by atoms with Gasteiger partial charge >= 0.3 is 5.97 Å². The number of hydrogen-bond acceptors (Lipinski definition) is 4. The molecule has 1 heterocycles. The topological polar surface area (TPSA) is 84.9 Å². The van der Waals surface area contributed by atoms with Crippen molar-refractivity contribution in [1.82, 2.24) is 5.32 Å². The second kappa shape index (κ2) is 6.27. The van der Waals surface area contributed by atoms with Crippen LogP contribution in [-0.4, -0.2) is 35.7 Å². The molecule has 0 aromatic heterocycles. The number of benzene rings is 1. The molecule has 0 fully saturated rings. The predicted octanol–water partition coefficient (Wildman–Crippen LogP) is 1.20. The van der Waals surface area contributed by atoms with Crippen LogP contribution in [0.3, 0.4) is 0 Å². The van der Waals surface area contributed by atoms with Gasteiger partial charge in [-0.3, -0.25) is 9.59 Å². The Labute approximate surface area is 116 Å². The van der Waals surface area contributed by atoms with Crippen molar-refractivity contribution in [1.29, 1.82) is 0 Å². The Hall–Kier alpha value is -2.24. The first-order valence-electron chi connectivity index (χ1n) is 6.46. The van der Waals surface area contributed by atoms with Gasteiger partial charge in [0.2, 0.25) is 5.91 Å². The number of hydrogen-bond donors (Lipinski definition) is 2. The minimum atomic E-state index is -0.987. The molecule has 6 heteroatoms. The second-order valence-electron chi connectivity index (χ2n) is 4.66. The van der Waals surface area contributed by atoms with Crippen LogP contribution in [-0.2, 0) is 9.59 Å². The lowest BCUT2D eigenvalue weighted by Crippen LogP contribution is -2.48. The molecule has 20 heavy (non-hydrogen) atoms. The van der Waals surface area contributed by atoms with Crippen LogP contribution >= 0.6 is 0 Å². The van der Waals surface area contributed by atoms with Crippen LogP contribution in [0.1, 0.15) is 19.8 Å². The van der Waals surface area contributed by atoms with E-state index >= 15 is 0 Å². The molecule has 0 radical (unpaired) electrons. The molecule has 0 spiro atoms. The van der Waals surface area contributed by atoms with Crippen molar-refractivity contribution >= 4 is 11.9 Å². The number of nitrogens with one attached hydrogen (secondary N) is 1. The monoisotopic (exact) mass is 279 g/mol. The van der Waals surface area contributed by atoms with Crippen molar-refractivity contribution in [2.45, 2.75) is 31.9 Å². The average molecular weight is 279 g/mol. The summed E-state index contributed by atoms with van der Waals surface area (Å²) in [6.07, 6.45) is -0.508. The van der Waals surface area contributed by atoms with Crippen LogP contribution in [0.4, 0.5) is 0 Å². The SMILES string of the molecule is C[C@@H](NC(=O)CCC(=O)O)[C@@H]1COc2ccccc2O1. The molecule has 0 saturated carbocycles. The van der Waals surface area contributed by atoms with Gasteiger partial charge in [-0.05, 0) is 19.1 Å². The lowest BCUT2D eigenvalue weighted by Gasteiger charge is -2.30. The number of rotatable bonds is 5. The van der Waals surface area contributed by atoms with Crippen LogP contribution in [0.5, 0.6) is 11.5 Å². The maximum absolute atomic E-state index is 11.6. The van der Waals surface area contributed by atoms with E-state index in [0.717, 1.165) is 0 Å². The number of aliphatic carboxylic acids is 1. The van der Waals surface area contributed by atoms with Crippen molar-refractivity contribution in [3.8, 4) is 11.5 Å². The van der Waals surface area contributed by atoms with Crippen molar-refractivity contribution in [2.75, 3.05) is 6.61 Å². The van der Waals surface area contributed by atoms with Gasteiger partial charge in [0.1, 0.15) is 6.61 Å². The molecule has 6 nitrogen and oxygen atoms in total. The summed E-state index contributed by atoms with van der Waals surface area (Å²) >= 11 is 0. The number of ether oxygens (including phenoxy) is 2. The van der Waals surface area contributed by atoms with Crippen LogP contribution < -0.4 is 14.8 Å². The third-order valence-corrected chi connectivity index (χ3v) is 3.04. The van der Waals surface area contributed by atoms with Crippen LogP contribution in [0.2, 0.25) is 0 Å². The zero-order valence-corrected chi connectivity index (χ0v) is 11.2. The number of carbonyl (C=O) groups excluding carboxylic acids is 1. The van der Waals surface area contributed by atoms with Gasteiger partial charge in [-0.2, -0.15) is 0 Å². The Morgan fingerprint density at radius 3 is 2.75 bits per heavy atom. The maximum atomic E-state index is 11.6. The highest BCUT2D eigenvalue weighted by Gasteiger charge is 2.26. The zero-order valence-electron chi connectivity index (χ0n) is 11.2. The van der Waals surface area contributed by atoms with Crippen LogP contribution in [0.25, 0.3) is 0 Å². The van der Waals surface area contributed by atoms with E-state index in [1.807, 2.05) is 18.2 Å². The molecule has 0 bridgehead atoms. The van der Waals surface area contributed by atoms with E-state index in [2.05, 4.69) is 5.32 Å². The van der Waals surface area contributed by atoms with E-state index in [1.165, 1.54) is 0 Å². The Balaban J connectivity index is 1.86. The number of carboxylic acid groups (broad SMARTS) is 1. The summed E-state index contributed by atoms with van der Waals surface area (Å²) in [7, 11) is 0. The fraction of sp³-hybridized carbons (Fsp3) is 0.429. The van der Waals surface area contributed by atoms with Crippen molar-refractivity contribution in [3.05, 3.63) is 24.3 Å². The van der Waals surface area contributed by atoms with Crippen LogP contribution in [0, 0.1) is 0 Å². The largest absolute Gasteiger partial charge is 0.486 e. The standard InChI is InChI=1S/C14H17NO5/c1-9(15-13(16)6-7-14(17)18)12-8-19-10-4-2-3-5-11(10)20-12/h2-5,9,12H,6-8H2,1H3,(H,15,16)(H,17,18)/t9-,12+/m1/s1. The van der Waals surface area contributed by atoms with E-state index in [9.17, 15) is 9.59 Å². The van der Waals surface area contributed by atoms with Gasteiger partial charge in [-0.15, -0.1) is 0 Å². The minimum Gasteiger partial charge on any atom is -0.486 e. The van der Waals surface area contributed by atoms with E-state index in [4.69, 9.17) is 14.6 Å². The molecule has 1 aromatic rings. The summed E-state index contributed by atoms with van der Waals surface area (Å²) in [6.45, 7) is 2.15. The molecular weight excluding hydrogens is 262 g/mol. The van der Waals surface area contributed by atoms with Gasteiger partial charge in [-0.25, -0.2) is 0 Å². The molecule has 1 aliphatic rings. The van der Waals surface area contributed by atoms with Crippen molar-refractivity contribution in [3.63, 3.8) is 0 Å². The molecule has 2 rings (SSSR count). The van der Waals surface area contributed by atoms with E-state index in [1.54, 1.807) is 13.0 Å². The number of para-hydroxylation sites is 2. The average Bonchev–Trinajstić information content (AvgIpc) is 2.44. The second-order valence-corrected chi connectivity index (χ2v) is 4.66. The molecule has 2 atom stereocenters. The molecule has 0 aliphatic carbocycles. The van der Waals surface area contributed by atoms with Gasteiger partial charge in [0.15, 0.2) is 17.6 Å². The van der Waals surface area contributed by atoms with Crippen molar-refractivity contribution < 1.29 is 24.2 Å². The van der Waals surface area contributed by atoms with Gasteiger partial charge in [0, 0.05) is 6.42 Å². The first kappa shape index (κ1) is 14.2. The normalized spacial score (nSPS) is 18.1. The van der Waals surface area contributed by atoms with Gasteiger partial charge in [-0.1, -0.05) is 12.1 Å². The van der Waals surface area contributed by atoms with E-state index in [-0.39, 0.29) is 30.9 Å². The highest BCUT2D eigenvalue weighted by atomic mass is 16.6. The fourth-order valence-corrected chi connectivity index (χ4v) is 1.92. The third kappa shape index (κ3) is 3.63. The molecule has 1 aromatic carbocycles. The summed E-state index contributed by atoms with van der Waals surface area (Å²) in [5, 5.41) is 11.3. The smallest absolute Gasteiger partial charge is 0.303 e. The van der Waals surface area contributed by atoms with Gasteiger partial charge in [0.25, 0.3) is 0 Å².